The van der Waals surface area contributed by atoms with Crippen molar-refractivity contribution < 1.29 is 0 Å². The average Bonchev–Trinajstić information content (AvgIpc) is 3.47. The van der Waals surface area contributed by atoms with E-state index in [1.807, 2.05) is 6.20 Å². The first kappa shape index (κ1) is 25.6. The third kappa shape index (κ3) is 5.44. The molecule has 2 nitrogen and oxygen atoms in total. The highest BCUT2D eigenvalue weighted by Crippen LogP contribution is 2.37. The van der Waals surface area contributed by atoms with E-state index in [0.717, 1.165) is 11.9 Å². The summed E-state index contributed by atoms with van der Waals surface area (Å²) in [6.07, 6.45) is 11.9. The molecule has 0 amide bonds. The van der Waals surface area contributed by atoms with Crippen LogP contribution in [0.2, 0.25) is 5.54 Å². The highest BCUT2D eigenvalue weighted by atomic mass is 28.3. The van der Waals surface area contributed by atoms with Crippen LogP contribution in [0.4, 0.5) is 0 Å². The minimum absolute atomic E-state index is 0.146. The Morgan fingerprint density at radius 2 is 1.15 bits per heavy atom. The third-order valence-electron chi connectivity index (χ3n) is 8.68. The van der Waals surface area contributed by atoms with Crippen molar-refractivity contribution >= 4 is 31.5 Å². The van der Waals surface area contributed by atoms with E-state index in [4.69, 9.17) is 4.98 Å². The predicted molar refractivity (Wildman–Crippen MR) is 167 cm³/mol. The van der Waals surface area contributed by atoms with Gasteiger partial charge in [-0.05, 0) is 22.5 Å². The van der Waals surface area contributed by atoms with Crippen molar-refractivity contribution in [1.29, 1.82) is 0 Å². The SMILES string of the molecule is [B](c1nccn1C[Si](c1ccccc1)(c1ccccc1)C1CCCCC1)C(c1ccccc1)c1ccccc1. The number of hydrogen-bond donors (Lipinski definition) is 0. The van der Waals surface area contributed by atoms with E-state index in [1.165, 1.54) is 43.2 Å². The fraction of sp³-hybridized carbons (Fsp3) is 0.229. The first-order valence-electron chi connectivity index (χ1n) is 14.4. The van der Waals surface area contributed by atoms with Crippen LogP contribution in [0.25, 0.3) is 0 Å². The Bertz CT molecular complexity index is 1350. The molecule has 4 heteroatoms. The Kier molecular flexibility index (Phi) is 7.92. The second kappa shape index (κ2) is 12.0. The summed E-state index contributed by atoms with van der Waals surface area (Å²) in [6.45, 7) is 0. The van der Waals surface area contributed by atoms with E-state index < -0.39 is 8.07 Å². The molecule has 0 atom stereocenters. The van der Waals surface area contributed by atoms with Gasteiger partial charge in [-0.1, -0.05) is 164 Å². The van der Waals surface area contributed by atoms with Crippen molar-refractivity contribution in [3.63, 3.8) is 0 Å². The number of aromatic nitrogens is 2. The average molecular weight is 524 g/mol. The molecule has 1 aliphatic carbocycles. The van der Waals surface area contributed by atoms with E-state index in [9.17, 15) is 0 Å². The molecule has 193 valence electrons. The first-order chi connectivity index (χ1) is 19.3. The van der Waals surface area contributed by atoms with E-state index >= 15 is 0 Å². The molecule has 5 aromatic rings. The second-order valence-electron chi connectivity index (χ2n) is 10.9. The fourth-order valence-electron chi connectivity index (χ4n) is 6.75. The van der Waals surface area contributed by atoms with Crippen molar-refractivity contribution in [3.05, 3.63) is 145 Å². The lowest BCUT2D eigenvalue weighted by atomic mass is 9.58. The Hall–Kier alpha value is -3.63. The number of rotatable bonds is 9. The maximum Gasteiger partial charge on any atom is 0.215 e. The van der Waals surface area contributed by atoms with Gasteiger partial charge in [-0.2, -0.15) is 0 Å². The Labute approximate surface area is 235 Å². The molecular formula is C35H36BN2Si. The van der Waals surface area contributed by atoms with Gasteiger partial charge in [0.05, 0.1) is 5.72 Å². The van der Waals surface area contributed by atoms with Crippen LogP contribution in [-0.2, 0) is 6.17 Å². The molecule has 0 unspecified atom stereocenters. The van der Waals surface area contributed by atoms with Crippen LogP contribution in [0.3, 0.4) is 0 Å². The summed E-state index contributed by atoms with van der Waals surface area (Å²) in [4.78, 5) is 4.95. The van der Waals surface area contributed by atoms with Crippen LogP contribution in [0.15, 0.2) is 134 Å². The number of benzene rings is 4. The number of nitrogens with zero attached hydrogens (tertiary/aromatic N) is 2. The molecule has 6 rings (SSSR count). The van der Waals surface area contributed by atoms with Crippen LogP contribution in [-0.4, -0.2) is 24.9 Å². The van der Waals surface area contributed by atoms with Gasteiger partial charge in [0.2, 0.25) is 7.28 Å². The van der Waals surface area contributed by atoms with E-state index in [0.29, 0.717) is 5.54 Å². The topological polar surface area (TPSA) is 17.8 Å². The van der Waals surface area contributed by atoms with Crippen molar-refractivity contribution in [2.75, 3.05) is 0 Å². The summed E-state index contributed by atoms with van der Waals surface area (Å²) in [5, 5.41) is 3.09. The van der Waals surface area contributed by atoms with E-state index in [2.05, 4.69) is 139 Å². The van der Waals surface area contributed by atoms with Gasteiger partial charge in [0.1, 0.15) is 8.07 Å². The van der Waals surface area contributed by atoms with Gasteiger partial charge in [-0.25, -0.2) is 0 Å². The van der Waals surface area contributed by atoms with Crippen molar-refractivity contribution in [1.82, 2.24) is 9.55 Å². The maximum atomic E-state index is 4.95. The number of hydrogen-bond acceptors (Lipinski definition) is 1. The Balaban J connectivity index is 1.44. The van der Waals surface area contributed by atoms with Crippen molar-refractivity contribution in [2.45, 2.75) is 49.6 Å². The van der Waals surface area contributed by atoms with Crippen LogP contribution in [0.5, 0.6) is 0 Å². The molecule has 1 aliphatic rings. The monoisotopic (exact) mass is 523 g/mol. The normalized spacial score (nSPS) is 14.4. The van der Waals surface area contributed by atoms with Crippen LogP contribution in [0, 0.1) is 0 Å². The second-order valence-corrected chi connectivity index (χ2v) is 15.1. The van der Waals surface area contributed by atoms with Crippen LogP contribution in [0.1, 0.15) is 49.0 Å². The zero-order valence-electron chi connectivity index (χ0n) is 22.6. The minimum atomic E-state index is -2.19. The van der Waals surface area contributed by atoms with Crippen LogP contribution >= 0.6 is 0 Å². The number of imidazole rings is 1. The lowest BCUT2D eigenvalue weighted by molar-refractivity contribution is 0.491. The zero-order chi connectivity index (χ0) is 26.3. The summed E-state index contributed by atoms with van der Waals surface area (Å²) in [7, 11) is 0.186. The van der Waals surface area contributed by atoms with E-state index in [-0.39, 0.29) is 5.82 Å². The predicted octanol–water partition coefficient (Wildman–Crippen LogP) is 6.14. The molecular weight excluding hydrogens is 487 g/mol. The molecule has 1 saturated carbocycles. The van der Waals surface area contributed by atoms with Crippen molar-refractivity contribution in [3.8, 4) is 0 Å². The van der Waals surface area contributed by atoms with E-state index in [1.54, 1.807) is 10.4 Å². The van der Waals surface area contributed by atoms with Crippen LogP contribution < -0.4 is 16.1 Å². The largest absolute Gasteiger partial charge is 0.346 e. The molecule has 0 bridgehead atoms. The highest BCUT2D eigenvalue weighted by Gasteiger charge is 2.45. The third-order valence-corrected chi connectivity index (χ3v) is 14.2. The van der Waals surface area contributed by atoms with Gasteiger partial charge in [0.15, 0.2) is 0 Å². The fourth-order valence-corrected chi connectivity index (χ4v) is 12.4. The lowest BCUT2D eigenvalue weighted by Crippen LogP contribution is -2.65. The summed E-state index contributed by atoms with van der Waals surface area (Å²) in [6, 6.07) is 44.6. The standard InChI is InChI=1S/C35H36BN2Si/c1-6-16-29(17-7-1)34(30-18-8-2-9-19-30)36-35-37-26-27-38(35)28-39(31-20-10-3-11-21-31,32-22-12-4-13-23-32)33-24-14-5-15-25-33/h1-4,6-13,16-23,26-27,33-34H,5,14-15,24-25,28H2. The van der Waals surface area contributed by atoms with Gasteiger partial charge in [0, 0.05) is 18.6 Å². The highest BCUT2D eigenvalue weighted by molar-refractivity contribution is 7.02. The molecule has 0 spiro atoms. The molecule has 0 saturated heterocycles. The van der Waals surface area contributed by atoms with Gasteiger partial charge >= 0.3 is 0 Å². The Morgan fingerprint density at radius 3 is 1.67 bits per heavy atom. The van der Waals surface area contributed by atoms with Gasteiger partial charge in [0.25, 0.3) is 0 Å². The summed E-state index contributed by atoms with van der Waals surface area (Å²) < 4.78 is 2.47. The zero-order valence-corrected chi connectivity index (χ0v) is 23.6. The summed E-state index contributed by atoms with van der Waals surface area (Å²) >= 11 is 0. The summed E-state index contributed by atoms with van der Waals surface area (Å²) in [5.41, 5.74) is 4.36. The molecule has 1 radical (unpaired) electrons. The quantitative estimate of drug-likeness (QED) is 0.212. The lowest BCUT2D eigenvalue weighted by Gasteiger charge is -2.42. The molecule has 1 aromatic heterocycles. The maximum absolute atomic E-state index is 4.95. The van der Waals surface area contributed by atoms with Gasteiger partial charge in [-0.3, -0.25) is 4.98 Å². The van der Waals surface area contributed by atoms with Gasteiger partial charge in [-0.15, -0.1) is 0 Å². The molecule has 4 aromatic carbocycles. The first-order valence-corrected chi connectivity index (χ1v) is 16.7. The Morgan fingerprint density at radius 1 is 0.667 bits per heavy atom. The van der Waals surface area contributed by atoms with Crippen molar-refractivity contribution in [2.24, 2.45) is 0 Å². The smallest absolute Gasteiger partial charge is 0.215 e. The van der Waals surface area contributed by atoms with Gasteiger partial charge < -0.3 is 4.57 Å². The molecule has 1 heterocycles. The molecule has 0 N–H and O–H groups in total. The minimum Gasteiger partial charge on any atom is -0.346 e. The molecule has 39 heavy (non-hydrogen) atoms. The summed E-state index contributed by atoms with van der Waals surface area (Å²) in [5.74, 6) is 0.146. The molecule has 1 fully saturated rings. The molecule has 0 aliphatic heterocycles.